The first-order valence-corrected chi connectivity index (χ1v) is 11.6. The van der Waals surface area contributed by atoms with Gasteiger partial charge >= 0.3 is 5.97 Å². The molecule has 1 saturated heterocycles. The maximum absolute atomic E-state index is 11.3. The Morgan fingerprint density at radius 2 is 1.97 bits per heavy atom. The number of rotatable bonds is 8. The van der Waals surface area contributed by atoms with E-state index in [-0.39, 0.29) is 42.6 Å². The zero-order valence-electron chi connectivity index (χ0n) is 20.3. The molecule has 1 aliphatic rings. The van der Waals surface area contributed by atoms with Gasteiger partial charge in [0.1, 0.15) is 5.75 Å². The molecule has 3 N–H and O–H groups in total. The zero-order chi connectivity index (χ0) is 25.0. The summed E-state index contributed by atoms with van der Waals surface area (Å²) in [4.78, 5) is 13.3. The smallest absolute Gasteiger partial charge is 0.303 e. The van der Waals surface area contributed by atoms with Gasteiger partial charge < -0.3 is 25.2 Å². The van der Waals surface area contributed by atoms with Gasteiger partial charge in [0, 0.05) is 72.0 Å². The molecule has 0 spiro atoms. The molecule has 1 aromatic heterocycles. The second-order valence-corrected chi connectivity index (χ2v) is 9.19. The van der Waals surface area contributed by atoms with Crippen LogP contribution < -0.4 is 15.0 Å². The molecule has 1 aliphatic heterocycles. The van der Waals surface area contributed by atoms with Gasteiger partial charge in [0.2, 0.25) is 0 Å². The van der Waals surface area contributed by atoms with E-state index in [9.17, 15) is 20.3 Å². The summed E-state index contributed by atoms with van der Waals surface area (Å²) < 4.78 is 5.20. The Hall–Kier alpha value is -2.61. The summed E-state index contributed by atoms with van der Waals surface area (Å²) in [6, 6.07) is 13.1. The first kappa shape index (κ1) is 28.0. The van der Waals surface area contributed by atoms with Crippen molar-refractivity contribution in [2.75, 3.05) is 37.0 Å². The summed E-state index contributed by atoms with van der Waals surface area (Å²) in [7, 11) is 1.56. The first-order valence-electron chi connectivity index (χ1n) is 11.2. The van der Waals surface area contributed by atoms with Crippen molar-refractivity contribution in [3.63, 3.8) is 0 Å². The summed E-state index contributed by atoms with van der Waals surface area (Å²) in [5, 5.41) is 42.8. The number of hydrogen-bond donors (Lipinski definition) is 3. The van der Waals surface area contributed by atoms with E-state index in [1.807, 2.05) is 18.2 Å². The van der Waals surface area contributed by atoms with E-state index in [0.29, 0.717) is 60.4 Å². The number of anilines is 2. The third-order valence-corrected chi connectivity index (χ3v) is 6.85. The predicted molar refractivity (Wildman–Crippen MR) is 139 cm³/mol. The second kappa shape index (κ2) is 12.1. The number of fused-ring (bicyclic) bond motifs is 1. The van der Waals surface area contributed by atoms with E-state index in [1.54, 1.807) is 25.3 Å². The van der Waals surface area contributed by atoms with E-state index in [1.165, 1.54) is 0 Å². The second-order valence-electron chi connectivity index (χ2n) is 8.78. The Kier molecular flexibility index (Phi) is 9.39. The maximum Gasteiger partial charge on any atom is 0.303 e. The molecule has 11 heteroatoms. The molecule has 0 unspecified atom stereocenters. The average Bonchev–Trinajstić information content (AvgIpc) is 2.87. The Balaban J connectivity index is 0.00000361. The van der Waals surface area contributed by atoms with Crippen LogP contribution in [0, 0.1) is 16.7 Å². The van der Waals surface area contributed by atoms with Crippen molar-refractivity contribution in [3.8, 4) is 11.8 Å². The van der Waals surface area contributed by atoms with Gasteiger partial charge in [-0.15, -0.1) is 10.2 Å². The third-order valence-electron chi connectivity index (χ3n) is 6.55. The van der Waals surface area contributed by atoms with Crippen LogP contribution in [0.2, 0.25) is 5.02 Å². The van der Waals surface area contributed by atoms with Gasteiger partial charge in [0.15, 0.2) is 11.6 Å². The van der Waals surface area contributed by atoms with E-state index in [4.69, 9.17) is 16.3 Å². The molecule has 0 atom stereocenters. The summed E-state index contributed by atoms with van der Waals surface area (Å²) in [5.74, 6) is 0.902. The van der Waals surface area contributed by atoms with Crippen molar-refractivity contribution >= 4 is 69.5 Å². The van der Waals surface area contributed by atoms with Crippen molar-refractivity contribution in [2.24, 2.45) is 5.41 Å². The van der Waals surface area contributed by atoms with E-state index in [0.717, 1.165) is 16.3 Å². The van der Waals surface area contributed by atoms with Gasteiger partial charge in [-0.25, -0.2) is 0 Å². The minimum Gasteiger partial charge on any atom is -0.495 e. The van der Waals surface area contributed by atoms with Crippen molar-refractivity contribution in [1.82, 2.24) is 10.2 Å². The van der Waals surface area contributed by atoms with Crippen molar-refractivity contribution in [3.05, 3.63) is 52.5 Å². The molecule has 2 aromatic carbocycles. The van der Waals surface area contributed by atoms with Crippen molar-refractivity contribution < 1.29 is 19.7 Å². The van der Waals surface area contributed by atoms with Gasteiger partial charge in [-0.1, -0.05) is 17.7 Å². The Labute approximate surface area is 236 Å². The Morgan fingerprint density at radius 3 is 2.58 bits per heavy atom. The van der Waals surface area contributed by atoms with Crippen LogP contribution in [0.4, 0.5) is 11.6 Å². The summed E-state index contributed by atoms with van der Waals surface area (Å²) in [6.45, 7) is 1.38. The molecule has 0 saturated carbocycles. The first-order chi connectivity index (χ1) is 16.9. The molecule has 4 rings (SSSR count). The van der Waals surface area contributed by atoms with Crippen LogP contribution in [0.15, 0.2) is 36.4 Å². The van der Waals surface area contributed by atoms with Crippen LogP contribution in [-0.2, 0) is 11.3 Å². The number of benzene rings is 2. The summed E-state index contributed by atoms with van der Waals surface area (Å²) >= 11 is 6.24. The fourth-order valence-corrected chi connectivity index (χ4v) is 4.76. The number of aliphatic hydroxyl groups excluding tert-OH is 1. The monoisotopic (exact) mass is 518 g/mol. The predicted octanol–water partition coefficient (Wildman–Crippen LogP) is 3.45. The van der Waals surface area contributed by atoms with E-state index >= 15 is 0 Å². The molecular formula is C25H26ClN5NaO4. The number of nitrogens with zero attached hydrogens (tertiary/aromatic N) is 4. The number of nitriles is 1. The third kappa shape index (κ3) is 6.02. The molecule has 9 nitrogen and oxygen atoms in total. The molecule has 0 amide bonds. The zero-order valence-corrected chi connectivity index (χ0v) is 23.0. The number of carbonyl (C=O) groups is 1. The fourth-order valence-electron chi connectivity index (χ4n) is 4.48. The normalized spacial score (nSPS) is 14.6. The summed E-state index contributed by atoms with van der Waals surface area (Å²) in [5.41, 5.74) is 0.813. The van der Waals surface area contributed by atoms with Crippen LogP contribution >= 0.6 is 11.6 Å². The topological polar surface area (TPSA) is 132 Å². The number of carboxylic acids is 1. The van der Waals surface area contributed by atoms with Crippen molar-refractivity contribution in [1.29, 1.82) is 5.26 Å². The van der Waals surface area contributed by atoms with Gasteiger partial charge in [-0.3, -0.25) is 4.79 Å². The largest absolute Gasteiger partial charge is 0.495 e. The van der Waals surface area contributed by atoms with Gasteiger partial charge in [0.05, 0.1) is 30.2 Å². The number of aromatic nitrogens is 2. The number of carboxylic acid groups (broad SMARTS) is 1. The fraction of sp³-hybridized carbons (Fsp3) is 0.360. The van der Waals surface area contributed by atoms with Crippen LogP contribution in [0.1, 0.15) is 30.4 Å². The number of halogens is 1. The molecule has 1 fully saturated rings. The number of hydrogen-bond acceptors (Lipinski definition) is 8. The molecule has 183 valence electrons. The molecule has 0 aliphatic carbocycles. The van der Waals surface area contributed by atoms with Crippen molar-refractivity contribution in [2.45, 2.75) is 25.8 Å². The molecule has 3 aromatic rings. The number of nitrogens with one attached hydrogen (secondary N) is 1. The van der Waals surface area contributed by atoms with Gasteiger partial charge in [0.25, 0.3) is 0 Å². The molecule has 36 heavy (non-hydrogen) atoms. The molecular weight excluding hydrogens is 493 g/mol. The van der Waals surface area contributed by atoms with E-state index in [2.05, 4.69) is 26.5 Å². The Morgan fingerprint density at radius 1 is 1.22 bits per heavy atom. The van der Waals surface area contributed by atoms with Gasteiger partial charge in [-0.2, -0.15) is 5.26 Å². The number of aliphatic hydroxyl groups is 1. The molecule has 1 radical (unpaired) electrons. The van der Waals surface area contributed by atoms with Crippen LogP contribution in [0.5, 0.6) is 5.75 Å². The van der Waals surface area contributed by atoms with Crippen LogP contribution in [0.3, 0.4) is 0 Å². The average molecular weight is 519 g/mol. The standard InChI is InChI=1S/C25H26ClN5O4.Na/c1-35-21-5-3-17(11-20(21)26)14-28-23-19-10-16(13-27)2-4-18(19)24(30-29-23)31-8-6-25(15-32,7-9-31)12-22(33)34;/h2-5,10-11,32H,6-9,12,14-15H2,1H3,(H,28,29)(H,33,34);. The van der Waals surface area contributed by atoms with Gasteiger partial charge in [-0.05, 0) is 48.7 Å². The molecule has 0 bridgehead atoms. The maximum atomic E-state index is 11.3. The van der Waals surface area contributed by atoms with Crippen LogP contribution in [-0.4, -0.2) is 82.7 Å². The quantitative estimate of drug-likeness (QED) is 0.383. The minimum absolute atomic E-state index is 0. The Bertz CT molecular complexity index is 1290. The summed E-state index contributed by atoms with van der Waals surface area (Å²) in [6.07, 6.45) is 1.01. The van der Waals surface area contributed by atoms with E-state index < -0.39 is 11.4 Å². The number of piperidine rings is 1. The minimum atomic E-state index is -0.907. The van der Waals surface area contributed by atoms with Crippen LogP contribution in [0.25, 0.3) is 10.8 Å². The number of aliphatic carboxylic acids is 1. The SMILES string of the molecule is COc1ccc(CNc2nnc(N3CCC(CO)(CC(=O)O)CC3)c3ccc(C#N)cc23)cc1Cl.[Na]. The molecule has 2 heterocycles. The number of ether oxygens (including phenoxy) is 1. The number of methoxy groups -OCH3 is 1.